The lowest BCUT2D eigenvalue weighted by atomic mass is 10.1. The fourth-order valence-corrected chi connectivity index (χ4v) is 2.00. The first-order chi connectivity index (χ1) is 9.66. The SMILES string of the molecule is O=C1CC[C@@H](NCCNC(=O)c2ccccc2)C(=O)N1. The molecule has 0 aromatic heterocycles. The van der Waals surface area contributed by atoms with Gasteiger partial charge >= 0.3 is 0 Å². The average Bonchev–Trinajstić information content (AvgIpc) is 2.46. The fourth-order valence-electron chi connectivity index (χ4n) is 2.00. The van der Waals surface area contributed by atoms with Crippen LogP contribution in [0.5, 0.6) is 0 Å². The predicted octanol–water partition coefficient (Wildman–Crippen LogP) is -0.189. The van der Waals surface area contributed by atoms with Gasteiger partial charge in [-0.15, -0.1) is 0 Å². The molecule has 3 N–H and O–H groups in total. The maximum atomic E-state index is 11.7. The zero-order chi connectivity index (χ0) is 14.4. The minimum atomic E-state index is -0.360. The Morgan fingerprint density at radius 3 is 2.65 bits per heavy atom. The molecule has 1 saturated heterocycles. The third-order valence-corrected chi connectivity index (χ3v) is 3.08. The van der Waals surface area contributed by atoms with Crippen LogP contribution in [0.25, 0.3) is 0 Å². The number of carbonyl (C=O) groups is 3. The summed E-state index contributed by atoms with van der Waals surface area (Å²) in [6.45, 7) is 0.899. The van der Waals surface area contributed by atoms with Crippen molar-refractivity contribution in [3.8, 4) is 0 Å². The van der Waals surface area contributed by atoms with E-state index in [2.05, 4.69) is 16.0 Å². The predicted molar refractivity (Wildman–Crippen MR) is 72.9 cm³/mol. The van der Waals surface area contributed by atoms with E-state index in [0.29, 0.717) is 31.5 Å². The Morgan fingerprint density at radius 2 is 1.95 bits per heavy atom. The molecule has 0 radical (unpaired) electrons. The molecule has 0 spiro atoms. The van der Waals surface area contributed by atoms with E-state index in [1.165, 1.54) is 0 Å². The van der Waals surface area contributed by atoms with E-state index in [1.807, 2.05) is 6.07 Å². The van der Waals surface area contributed by atoms with Crippen LogP contribution in [-0.2, 0) is 9.59 Å². The second-order valence-corrected chi connectivity index (χ2v) is 4.58. The number of rotatable bonds is 5. The number of carbonyl (C=O) groups excluding carboxylic acids is 3. The average molecular weight is 275 g/mol. The van der Waals surface area contributed by atoms with Crippen molar-refractivity contribution in [3.05, 3.63) is 35.9 Å². The second kappa shape index (κ2) is 6.81. The number of hydrogen-bond acceptors (Lipinski definition) is 4. The fraction of sp³-hybridized carbons (Fsp3) is 0.357. The van der Waals surface area contributed by atoms with Crippen LogP contribution in [0.4, 0.5) is 0 Å². The van der Waals surface area contributed by atoms with Crippen LogP contribution in [0, 0.1) is 0 Å². The minimum absolute atomic E-state index is 0.143. The van der Waals surface area contributed by atoms with Gasteiger partial charge in [0.25, 0.3) is 5.91 Å². The Labute approximate surface area is 116 Å². The molecule has 0 aliphatic carbocycles. The van der Waals surface area contributed by atoms with Crippen LogP contribution in [0.1, 0.15) is 23.2 Å². The number of benzene rings is 1. The van der Waals surface area contributed by atoms with E-state index >= 15 is 0 Å². The van der Waals surface area contributed by atoms with Crippen molar-refractivity contribution in [2.45, 2.75) is 18.9 Å². The third-order valence-electron chi connectivity index (χ3n) is 3.08. The van der Waals surface area contributed by atoms with Gasteiger partial charge in [-0.2, -0.15) is 0 Å². The first-order valence-electron chi connectivity index (χ1n) is 6.57. The molecular weight excluding hydrogens is 258 g/mol. The Morgan fingerprint density at radius 1 is 1.20 bits per heavy atom. The molecule has 1 heterocycles. The van der Waals surface area contributed by atoms with E-state index in [9.17, 15) is 14.4 Å². The van der Waals surface area contributed by atoms with Crippen molar-refractivity contribution < 1.29 is 14.4 Å². The standard InChI is InChI=1S/C14H17N3O3/c18-12-7-6-11(14(20)17-12)15-8-9-16-13(19)10-4-2-1-3-5-10/h1-5,11,15H,6-9H2,(H,16,19)(H,17,18,20)/t11-/m1/s1. The van der Waals surface area contributed by atoms with Crippen LogP contribution in [0.15, 0.2) is 30.3 Å². The van der Waals surface area contributed by atoms with Crippen LogP contribution in [-0.4, -0.2) is 36.9 Å². The van der Waals surface area contributed by atoms with Gasteiger partial charge in [0.2, 0.25) is 11.8 Å². The van der Waals surface area contributed by atoms with Crippen molar-refractivity contribution in [3.63, 3.8) is 0 Å². The minimum Gasteiger partial charge on any atom is -0.351 e. The molecule has 1 aliphatic rings. The molecule has 0 unspecified atom stereocenters. The van der Waals surface area contributed by atoms with Gasteiger partial charge in [-0.05, 0) is 18.6 Å². The van der Waals surface area contributed by atoms with Crippen LogP contribution < -0.4 is 16.0 Å². The summed E-state index contributed by atoms with van der Waals surface area (Å²) in [6, 6.07) is 8.57. The van der Waals surface area contributed by atoms with Crippen LogP contribution >= 0.6 is 0 Å². The Bertz CT molecular complexity index is 502. The molecule has 20 heavy (non-hydrogen) atoms. The lowest BCUT2D eigenvalue weighted by Crippen LogP contribution is -2.51. The van der Waals surface area contributed by atoms with Gasteiger partial charge in [0.15, 0.2) is 0 Å². The molecular formula is C14H17N3O3. The normalized spacial score (nSPS) is 18.5. The maximum Gasteiger partial charge on any atom is 0.251 e. The van der Waals surface area contributed by atoms with Crippen LogP contribution in [0.3, 0.4) is 0 Å². The van der Waals surface area contributed by atoms with E-state index in [4.69, 9.17) is 0 Å². The molecule has 1 aromatic rings. The summed E-state index contributed by atoms with van der Waals surface area (Å²) in [4.78, 5) is 34.2. The van der Waals surface area contributed by atoms with Gasteiger partial charge < -0.3 is 10.6 Å². The smallest absolute Gasteiger partial charge is 0.251 e. The molecule has 1 fully saturated rings. The third kappa shape index (κ3) is 3.89. The highest BCUT2D eigenvalue weighted by atomic mass is 16.2. The monoisotopic (exact) mass is 275 g/mol. The van der Waals surface area contributed by atoms with Gasteiger partial charge in [0.05, 0.1) is 6.04 Å². The number of imide groups is 1. The summed E-state index contributed by atoms with van der Waals surface area (Å²) in [5.41, 5.74) is 0.605. The van der Waals surface area contributed by atoms with Gasteiger partial charge in [-0.3, -0.25) is 19.7 Å². The summed E-state index contributed by atoms with van der Waals surface area (Å²) in [5.74, 6) is -0.670. The summed E-state index contributed by atoms with van der Waals surface area (Å²) >= 11 is 0. The summed E-state index contributed by atoms with van der Waals surface area (Å²) < 4.78 is 0. The molecule has 2 rings (SSSR count). The molecule has 0 bridgehead atoms. The molecule has 3 amide bonds. The van der Waals surface area contributed by atoms with Crippen LogP contribution in [0.2, 0.25) is 0 Å². The van der Waals surface area contributed by atoms with Crippen molar-refractivity contribution in [1.29, 1.82) is 0 Å². The topological polar surface area (TPSA) is 87.3 Å². The first kappa shape index (κ1) is 14.2. The zero-order valence-corrected chi connectivity index (χ0v) is 11.0. The molecule has 6 heteroatoms. The van der Waals surface area contributed by atoms with Crippen molar-refractivity contribution in [1.82, 2.24) is 16.0 Å². The van der Waals surface area contributed by atoms with E-state index in [1.54, 1.807) is 24.3 Å². The van der Waals surface area contributed by atoms with Gasteiger partial charge in [0.1, 0.15) is 0 Å². The van der Waals surface area contributed by atoms with Gasteiger partial charge in [-0.1, -0.05) is 18.2 Å². The van der Waals surface area contributed by atoms with E-state index in [0.717, 1.165) is 0 Å². The quantitative estimate of drug-likeness (QED) is 0.513. The Balaban J connectivity index is 1.68. The maximum absolute atomic E-state index is 11.7. The lowest BCUT2D eigenvalue weighted by molar-refractivity contribution is -0.134. The number of amides is 3. The highest BCUT2D eigenvalue weighted by Gasteiger charge is 2.25. The largest absolute Gasteiger partial charge is 0.351 e. The molecule has 0 saturated carbocycles. The molecule has 1 aromatic carbocycles. The second-order valence-electron chi connectivity index (χ2n) is 4.58. The Hall–Kier alpha value is -2.21. The molecule has 1 atom stereocenters. The number of hydrogen-bond donors (Lipinski definition) is 3. The van der Waals surface area contributed by atoms with Gasteiger partial charge in [0, 0.05) is 25.1 Å². The van der Waals surface area contributed by atoms with E-state index in [-0.39, 0.29) is 23.8 Å². The van der Waals surface area contributed by atoms with Crippen molar-refractivity contribution in [2.24, 2.45) is 0 Å². The van der Waals surface area contributed by atoms with Crippen molar-refractivity contribution >= 4 is 17.7 Å². The lowest BCUT2D eigenvalue weighted by Gasteiger charge is -2.21. The van der Waals surface area contributed by atoms with Gasteiger partial charge in [-0.25, -0.2) is 0 Å². The Kier molecular flexibility index (Phi) is 4.84. The summed E-state index contributed by atoms with van der Waals surface area (Å²) in [7, 11) is 0. The molecule has 106 valence electrons. The zero-order valence-electron chi connectivity index (χ0n) is 11.0. The number of piperidine rings is 1. The summed E-state index contributed by atoms with van der Waals surface area (Å²) in [6.07, 6.45) is 0.844. The van der Waals surface area contributed by atoms with Crippen molar-refractivity contribution in [2.75, 3.05) is 13.1 Å². The summed E-state index contributed by atoms with van der Waals surface area (Å²) in [5, 5.41) is 8.06. The molecule has 6 nitrogen and oxygen atoms in total. The molecule has 1 aliphatic heterocycles. The van der Waals surface area contributed by atoms with E-state index < -0.39 is 0 Å². The highest BCUT2D eigenvalue weighted by molar-refractivity contribution is 6.00. The highest BCUT2D eigenvalue weighted by Crippen LogP contribution is 2.03. The number of nitrogens with one attached hydrogen (secondary N) is 3. The first-order valence-corrected chi connectivity index (χ1v) is 6.57.